The summed E-state index contributed by atoms with van der Waals surface area (Å²) >= 11 is 1.22. The molecule has 0 aliphatic heterocycles. The van der Waals surface area contributed by atoms with Gasteiger partial charge in [0, 0.05) is 11.6 Å². The van der Waals surface area contributed by atoms with E-state index in [0.717, 1.165) is 4.68 Å². The Morgan fingerprint density at radius 3 is 2.75 bits per heavy atom. The maximum Gasteiger partial charge on any atom is 0.267 e. The Hall–Kier alpha value is -2.94. The molecular weight excluding hydrogens is 333 g/mol. The fraction of sp³-hybridized carbons (Fsp3) is 0.133. The van der Waals surface area contributed by atoms with E-state index in [1.807, 2.05) is 0 Å². The minimum atomic E-state index is -0.466. The maximum atomic E-state index is 13.8. The maximum absolute atomic E-state index is 13.8. The summed E-state index contributed by atoms with van der Waals surface area (Å²) in [5.41, 5.74) is 0.0670. The summed E-state index contributed by atoms with van der Waals surface area (Å²) in [7, 11) is 0. The molecule has 2 aromatic heterocycles. The van der Waals surface area contributed by atoms with Crippen molar-refractivity contribution in [3.05, 3.63) is 57.6 Å². The van der Waals surface area contributed by atoms with Crippen molar-refractivity contribution in [2.75, 3.05) is 5.32 Å². The Balaban J connectivity index is 1.83. The zero-order valence-corrected chi connectivity index (χ0v) is 13.4. The van der Waals surface area contributed by atoms with Gasteiger partial charge in [-0.25, -0.2) is 9.07 Å². The fourth-order valence-corrected chi connectivity index (χ4v) is 2.62. The number of halogens is 1. The first-order valence-corrected chi connectivity index (χ1v) is 7.77. The molecule has 0 saturated carbocycles. The van der Waals surface area contributed by atoms with E-state index in [2.05, 4.69) is 20.6 Å². The van der Waals surface area contributed by atoms with Gasteiger partial charge in [-0.05, 0) is 25.1 Å². The standard InChI is InChI=1S/C15H12FN5O2S/c1-9-18-19-15(24-9)17-13(22)8-21-14(23)7-6-12(20-21)10-4-2-3-5-11(10)16/h2-7H,8H2,1H3,(H,17,19,22). The molecule has 3 rings (SSSR count). The van der Waals surface area contributed by atoms with Crippen LogP contribution in [0.15, 0.2) is 41.2 Å². The van der Waals surface area contributed by atoms with Crippen LogP contribution in [-0.4, -0.2) is 25.9 Å². The van der Waals surface area contributed by atoms with E-state index in [1.165, 1.54) is 29.5 Å². The summed E-state index contributed by atoms with van der Waals surface area (Å²) in [5.74, 6) is -0.921. The van der Waals surface area contributed by atoms with Gasteiger partial charge in [0.2, 0.25) is 11.0 Å². The second-order valence-corrected chi connectivity index (χ2v) is 6.05. The predicted molar refractivity (Wildman–Crippen MR) is 87.2 cm³/mol. The number of hydrogen-bond donors (Lipinski definition) is 1. The lowest BCUT2D eigenvalue weighted by atomic mass is 10.1. The highest BCUT2D eigenvalue weighted by atomic mass is 32.1. The Morgan fingerprint density at radius 2 is 2.04 bits per heavy atom. The van der Waals surface area contributed by atoms with Crippen molar-refractivity contribution >= 4 is 22.4 Å². The minimum absolute atomic E-state index is 0.256. The van der Waals surface area contributed by atoms with E-state index < -0.39 is 17.3 Å². The van der Waals surface area contributed by atoms with Gasteiger partial charge in [-0.1, -0.05) is 23.5 Å². The molecule has 24 heavy (non-hydrogen) atoms. The van der Waals surface area contributed by atoms with E-state index in [9.17, 15) is 14.0 Å². The third-order valence-electron chi connectivity index (χ3n) is 3.08. The fourth-order valence-electron chi connectivity index (χ4n) is 2.02. The number of aryl methyl sites for hydroxylation is 1. The first kappa shape index (κ1) is 15.9. The third kappa shape index (κ3) is 3.51. The summed E-state index contributed by atoms with van der Waals surface area (Å²) in [4.78, 5) is 23.9. The van der Waals surface area contributed by atoms with Crippen LogP contribution in [0.1, 0.15) is 5.01 Å². The van der Waals surface area contributed by atoms with Crippen LogP contribution in [0.4, 0.5) is 9.52 Å². The van der Waals surface area contributed by atoms with Crippen molar-refractivity contribution in [3.63, 3.8) is 0 Å². The summed E-state index contributed by atoms with van der Waals surface area (Å²) in [6.45, 7) is 1.46. The van der Waals surface area contributed by atoms with Crippen molar-refractivity contribution < 1.29 is 9.18 Å². The molecule has 7 nitrogen and oxygen atoms in total. The molecule has 0 unspecified atom stereocenters. The van der Waals surface area contributed by atoms with Crippen molar-refractivity contribution in [3.8, 4) is 11.3 Å². The molecule has 1 N–H and O–H groups in total. The number of nitrogens with one attached hydrogen (secondary N) is 1. The zero-order chi connectivity index (χ0) is 17.1. The summed E-state index contributed by atoms with van der Waals surface area (Å²) < 4.78 is 14.8. The largest absolute Gasteiger partial charge is 0.299 e. The number of anilines is 1. The molecule has 0 spiro atoms. The summed E-state index contributed by atoms with van der Waals surface area (Å²) in [6, 6.07) is 8.75. The summed E-state index contributed by atoms with van der Waals surface area (Å²) in [6.07, 6.45) is 0. The predicted octanol–water partition coefficient (Wildman–Crippen LogP) is 1.85. The molecule has 0 aliphatic rings. The Labute approximate surface area is 139 Å². The topological polar surface area (TPSA) is 89.8 Å². The van der Waals surface area contributed by atoms with Gasteiger partial charge in [0.15, 0.2) is 0 Å². The van der Waals surface area contributed by atoms with E-state index >= 15 is 0 Å². The van der Waals surface area contributed by atoms with Gasteiger partial charge in [0.25, 0.3) is 5.56 Å². The number of aromatic nitrogens is 4. The monoisotopic (exact) mass is 345 g/mol. The first-order valence-electron chi connectivity index (χ1n) is 6.96. The zero-order valence-electron chi connectivity index (χ0n) is 12.6. The molecule has 0 aliphatic carbocycles. The van der Waals surface area contributed by atoms with Gasteiger partial charge in [0.05, 0.1) is 5.69 Å². The van der Waals surface area contributed by atoms with Crippen LogP contribution in [0.2, 0.25) is 0 Å². The van der Waals surface area contributed by atoms with E-state index in [-0.39, 0.29) is 17.8 Å². The smallest absolute Gasteiger partial charge is 0.267 e. The molecule has 3 aromatic rings. The average Bonchev–Trinajstić information content (AvgIpc) is 2.95. The number of hydrogen-bond acceptors (Lipinski definition) is 6. The molecule has 2 heterocycles. The molecule has 0 atom stereocenters. The van der Waals surface area contributed by atoms with Crippen LogP contribution in [-0.2, 0) is 11.3 Å². The normalized spacial score (nSPS) is 10.6. The molecule has 1 amide bonds. The molecule has 1 aromatic carbocycles. The van der Waals surface area contributed by atoms with Crippen LogP contribution in [0.25, 0.3) is 11.3 Å². The number of benzene rings is 1. The first-order chi connectivity index (χ1) is 11.5. The number of amides is 1. The lowest BCUT2D eigenvalue weighted by Gasteiger charge is -2.07. The molecule has 0 fully saturated rings. The molecule has 0 bridgehead atoms. The van der Waals surface area contributed by atoms with Crippen LogP contribution in [0.5, 0.6) is 0 Å². The third-order valence-corrected chi connectivity index (χ3v) is 3.84. The molecule has 122 valence electrons. The Morgan fingerprint density at radius 1 is 1.25 bits per heavy atom. The Kier molecular flexibility index (Phi) is 4.43. The van der Waals surface area contributed by atoms with Crippen molar-refractivity contribution in [1.82, 2.24) is 20.0 Å². The van der Waals surface area contributed by atoms with Gasteiger partial charge in [-0.3, -0.25) is 14.9 Å². The lowest BCUT2D eigenvalue weighted by Crippen LogP contribution is -2.29. The van der Waals surface area contributed by atoms with Crippen molar-refractivity contribution in [2.45, 2.75) is 13.5 Å². The summed E-state index contributed by atoms with van der Waals surface area (Å²) in [5, 5.41) is 15.2. The highest BCUT2D eigenvalue weighted by molar-refractivity contribution is 7.15. The lowest BCUT2D eigenvalue weighted by molar-refractivity contribution is -0.117. The molecule has 0 radical (unpaired) electrons. The second-order valence-electron chi connectivity index (χ2n) is 4.87. The van der Waals surface area contributed by atoms with Gasteiger partial charge in [-0.2, -0.15) is 5.10 Å². The van der Waals surface area contributed by atoms with Gasteiger partial charge < -0.3 is 0 Å². The quantitative estimate of drug-likeness (QED) is 0.779. The van der Waals surface area contributed by atoms with Crippen LogP contribution in [0.3, 0.4) is 0 Å². The Bertz CT molecular complexity index is 953. The average molecular weight is 345 g/mol. The molecule has 0 saturated heterocycles. The molecular formula is C15H12FN5O2S. The highest BCUT2D eigenvalue weighted by Crippen LogP contribution is 2.19. The molecule has 9 heteroatoms. The minimum Gasteiger partial charge on any atom is -0.299 e. The van der Waals surface area contributed by atoms with Crippen LogP contribution >= 0.6 is 11.3 Å². The van der Waals surface area contributed by atoms with Crippen LogP contribution in [0, 0.1) is 12.7 Å². The van der Waals surface area contributed by atoms with Gasteiger partial charge in [0.1, 0.15) is 17.4 Å². The van der Waals surface area contributed by atoms with Crippen molar-refractivity contribution in [2.24, 2.45) is 0 Å². The number of rotatable bonds is 4. The second kappa shape index (κ2) is 6.67. The van der Waals surface area contributed by atoms with E-state index in [4.69, 9.17) is 0 Å². The SMILES string of the molecule is Cc1nnc(NC(=O)Cn2nc(-c3ccccc3F)ccc2=O)s1. The highest BCUT2D eigenvalue weighted by Gasteiger charge is 2.12. The van der Waals surface area contributed by atoms with E-state index in [1.54, 1.807) is 25.1 Å². The number of carbonyl (C=O) groups excluding carboxylic acids is 1. The van der Waals surface area contributed by atoms with E-state index in [0.29, 0.717) is 10.1 Å². The van der Waals surface area contributed by atoms with Gasteiger partial charge in [-0.15, -0.1) is 10.2 Å². The number of carbonyl (C=O) groups is 1. The number of nitrogens with zero attached hydrogens (tertiary/aromatic N) is 4. The van der Waals surface area contributed by atoms with Crippen LogP contribution < -0.4 is 10.9 Å². The van der Waals surface area contributed by atoms with Crippen molar-refractivity contribution in [1.29, 1.82) is 0 Å². The van der Waals surface area contributed by atoms with Gasteiger partial charge >= 0.3 is 0 Å².